The van der Waals surface area contributed by atoms with Crippen LogP contribution in [0.5, 0.6) is 0 Å². The molecule has 1 atom stereocenters. The minimum absolute atomic E-state index is 0.0231. The van der Waals surface area contributed by atoms with E-state index >= 15 is 0 Å². The van der Waals surface area contributed by atoms with Crippen LogP contribution < -0.4 is 10.6 Å². The van der Waals surface area contributed by atoms with Gasteiger partial charge in [0.15, 0.2) is 5.69 Å². The molecule has 3 aromatic rings. The summed E-state index contributed by atoms with van der Waals surface area (Å²) >= 11 is 0. The van der Waals surface area contributed by atoms with Crippen LogP contribution in [0.1, 0.15) is 57.4 Å². The van der Waals surface area contributed by atoms with E-state index in [1.807, 2.05) is 31.2 Å². The Morgan fingerprint density at radius 3 is 2.50 bits per heavy atom. The molecule has 36 heavy (non-hydrogen) atoms. The number of aromatic nitrogens is 2. The molecule has 2 N–H and O–H groups in total. The number of amides is 3. The molecular formula is C27H28FN5O3. The maximum absolute atomic E-state index is 13.7. The maximum atomic E-state index is 13.7. The molecule has 0 bridgehead atoms. The molecule has 2 aliphatic rings. The van der Waals surface area contributed by atoms with Crippen LogP contribution in [-0.4, -0.2) is 43.8 Å². The number of halogens is 1. The number of carbonyl (C=O) groups excluding carboxylic acids is 3. The summed E-state index contributed by atoms with van der Waals surface area (Å²) in [5.41, 5.74) is 1.90. The second kappa shape index (κ2) is 9.22. The Bertz CT molecular complexity index is 1330. The molecule has 9 heteroatoms. The van der Waals surface area contributed by atoms with Crippen molar-refractivity contribution in [2.24, 2.45) is 0 Å². The molecule has 0 saturated heterocycles. The Labute approximate surface area is 208 Å². The lowest BCUT2D eigenvalue weighted by Crippen LogP contribution is -2.64. The Morgan fingerprint density at radius 1 is 1.08 bits per heavy atom. The monoisotopic (exact) mass is 489 g/mol. The molecule has 1 fully saturated rings. The molecule has 0 radical (unpaired) electrons. The van der Waals surface area contributed by atoms with Crippen LogP contribution in [0.15, 0.2) is 54.9 Å². The van der Waals surface area contributed by atoms with Crippen LogP contribution >= 0.6 is 0 Å². The van der Waals surface area contributed by atoms with Crippen molar-refractivity contribution in [1.29, 1.82) is 0 Å². The minimum Gasteiger partial charge on any atom is -0.350 e. The lowest BCUT2D eigenvalue weighted by molar-refractivity contribution is -0.133. The highest BCUT2D eigenvalue weighted by molar-refractivity contribution is 6.07. The second-order valence-corrected chi connectivity index (χ2v) is 9.73. The standard InChI is InChI=1S/C27H28FN5O3/c1-17-4-3-5-19(12-17)14-30-26(36)27(2)15-32-16-31-22(23(32)25(35)33(27)21-10-11-21)24(34)29-13-18-6-8-20(28)9-7-18/h3-9,12,16,21H,10-11,13-15H2,1-2H3,(H,29,34)(H,30,36)/t27-/m0/s1. The Kier molecular flexibility index (Phi) is 6.07. The van der Waals surface area contributed by atoms with Gasteiger partial charge in [-0.1, -0.05) is 42.0 Å². The van der Waals surface area contributed by atoms with Gasteiger partial charge in [0.05, 0.1) is 12.9 Å². The predicted octanol–water partition coefficient (Wildman–Crippen LogP) is 2.95. The smallest absolute Gasteiger partial charge is 0.274 e. The molecular weight excluding hydrogens is 461 g/mol. The zero-order valence-electron chi connectivity index (χ0n) is 20.3. The number of aryl methyl sites for hydroxylation is 1. The average molecular weight is 490 g/mol. The first-order valence-electron chi connectivity index (χ1n) is 12.0. The van der Waals surface area contributed by atoms with Crippen LogP contribution in [-0.2, 0) is 24.4 Å². The SMILES string of the molecule is Cc1cccc(CNC(=O)[C@]2(C)Cn3cnc(C(=O)NCc4ccc(F)cc4)c3C(=O)N2C2CC2)c1. The fourth-order valence-electron chi connectivity index (χ4n) is 4.78. The topological polar surface area (TPSA) is 96.3 Å². The third kappa shape index (κ3) is 4.48. The van der Waals surface area contributed by atoms with Gasteiger partial charge in [-0.15, -0.1) is 0 Å². The summed E-state index contributed by atoms with van der Waals surface area (Å²) < 4.78 is 14.7. The van der Waals surface area contributed by atoms with Crippen molar-refractivity contribution in [3.63, 3.8) is 0 Å². The van der Waals surface area contributed by atoms with E-state index in [1.54, 1.807) is 28.5 Å². The van der Waals surface area contributed by atoms with Crippen LogP contribution in [0.2, 0.25) is 0 Å². The Morgan fingerprint density at radius 2 is 1.81 bits per heavy atom. The van der Waals surface area contributed by atoms with E-state index in [0.717, 1.165) is 29.5 Å². The molecule has 1 aliphatic heterocycles. The lowest BCUT2D eigenvalue weighted by atomic mass is 9.93. The normalized spacial score (nSPS) is 19.1. The lowest BCUT2D eigenvalue weighted by Gasteiger charge is -2.44. The maximum Gasteiger partial charge on any atom is 0.274 e. The molecule has 2 heterocycles. The summed E-state index contributed by atoms with van der Waals surface area (Å²) in [4.78, 5) is 45.9. The van der Waals surface area contributed by atoms with E-state index in [1.165, 1.54) is 18.5 Å². The molecule has 3 amide bonds. The third-order valence-corrected chi connectivity index (χ3v) is 6.79. The molecule has 1 saturated carbocycles. The van der Waals surface area contributed by atoms with Gasteiger partial charge < -0.3 is 20.1 Å². The van der Waals surface area contributed by atoms with Crippen LogP contribution in [0.4, 0.5) is 4.39 Å². The van der Waals surface area contributed by atoms with Crippen LogP contribution in [0, 0.1) is 12.7 Å². The van der Waals surface area contributed by atoms with Crippen molar-refractivity contribution in [3.8, 4) is 0 Å². The number of carbonyl (C=O) groups is 3. The summed E-state index contributed by atoms with van der Waals surface area (Å²) in [6, 6.07) is 13.7. The average Bonchev–Trinajstić information content (AvgIpc) is 3.59. The Hall–Kier alpha value is -4.01. The highest BCUT2D eigenvalue weighted by Gasteiger charge is 2.53. The number of imidazole rings is 1. The zero-order chi connectivity index (χ0) is 25.4. The van der Waals surface area contributed by atoms with Crippen LogP contribution in [0.25, 0.3) is 0 Å². The molecule has 0 unspecified atom stereocenters. The van der Waals surface area contributed by atoms with Gasteiger partial charge in [-0.3, -0.25) is 14.4 Å². The van der Waals surface area contributed by atoms with Gasteiger partial charge in [-0.2, -0.15) is 0 Å². The van der Waals surface area contributed by atoms with Gasteiger partial charge in [0, 0.05) is 19.1 Å². The largest absolute Gasteiger partial charge is 0.350 e. The molecule has 1 aliphatic carbocycles. The molecule has 1 aromatic heterocycles. The van der Waals surface area contributed by atoms with E-state index < -0.39 is 11.4 Å². The summed E-state index contributed by atoms with van der Waals surface area (Å²) in [5, 5.41) is 5.75. The molecule has 2 aromatic carbocycles. The number of rotatable bonds is 7. The van der Waals surface area contributed by atoms with Crippen molar-refractivity contribution in [3.05, 3.63) is 88.8 Å². The molecule has 5 rings (SSSR count). The number of nitrogens with zero attached hydrogens (tertiary/aromatic N) is 3. The first kappa shape index (κ1) is 23.7. The van der Waals surface area contributed by atoms with E-state index in [9.17, 15) is 18.8 Å². The molecule has 0 spiro atoms. The molecule has 8 nitrogen and oxygen atoms in total. The second-order valence-electron chi connectivity index (χ2n) is 9.73. The van der Waals surface area contributed by atoms with Gasteiger partial charge in [0.2, 0.25) is 5.91 Å². The van der Waals surface area contributed by atoms with E-state index in [-0.39, 0.29) is 48.2 Å². The number of fused-ring (bicyclic) bond motifs is 1. The van der Waals surface area contributed by atoms with E-state index in [0.29, 0.717) is 6.54 Å². The number of nitrogens with one attached hydrogen (secondary N) is 2. The van der Waals surface area contributed by atoms with E-state index in [2.05, 4.69) is 15.6 Å². The first-order chi connectivity index (χ1) is 17.3. The van der Waals surface area contributed by atoms with E-state index in [4.69, 9.17) is 0 Å². The third-order valence-electron chi connectivity index (χ3n) is 6.79. The van der Waals surface area contributed by atoms with Crippen molar-refractivity contribution in [1.82, 2.24) is 25.1 Å². The first-order valence-corrected chi connectivity index (χ1v) is 12.0. The zero-order valence-corrected chi connectivity index (χ0v) is 20.3. The minimum atomic E-state index is -1.11. The Balaban J connectivity index is 1.35. The summed E-state index contributed by atoms with van der Waals surface area (Å²) in [7, 11) is 0. The van der Waals surface area contributed by atoms with Gasteiger partial charge in [-0.25, -0.2) is 9.37 Å². The van der Waals surface area contributed by atoms with Gasteiger partial charge in [-0.05, 0) is 49.9 Å². The van der Waals surface area contributed by atoms with Gasteiger partial charge in [0.25, 0.3) is 11.8 Å². The highest BCUT2D eigenvalue weighted by Crippen LogP contribution is 2.38. The van der Waals surface area contributed by atoms with Crippen LogP contribution in [0.3, 0.4) is 0 Å². The summed E-state index contributed by atoms with van der Waals surface area (Å²) in [6.45, 7) is 4.49. The van der Waals surface area contributed by atoms with Crippen molar-refractivity contribution >= 4 is 17.7 Å². The number of benzene rings is 2. The number of hydrogen-bond acceptors (Lipinski definition) is 4. The number of hydrogen-bond donors (Lipinski definition) is 2. The van der Waals surface area contributed by atoms with Gasteiger partial charge in [0.1, 0.15) is 17.1 Å². The highest BCUT2D eigenvalue weighted by atomic mass is 19.1. The fourth-order valence-corrected chi connectivity index (χ4v) is 4.78. The summed E-state index contributed by atoms with van der Waals surface area (Å²) in [6.07, 6.45) is 3.07. The molecule has 186 valence electrons. The van der Waals surface area contributed by atoms with Crippen molar-refractivity contribution in [2.45, 2.75) is 57.9 Å². The quantitative estimate of drug-likeness (QED) is 0.533. The van der Waals surface area contributed by atoms with Gasteiger partial charge >= 0.3 is 0 Å². The van der Waals surface area contributed by atoms with Crippen molar-refractivity contribution < 1.29 is 18.8 Å². The summed E-state index contributed by atoms with van der Waals surface area (Å²) in [5.74, 6) is -1.47. The fraction of sp³-hybridized carbons (Fsp3) is 0.333. The predicted molar refractivity (Wildman–Crippen MR) is 130 cm³/mol. The van der Waals surface area contributed by atoms with Crippen molar-refractivity contribution in [2.75, 3.05) is 0 Å².